The minimum Gasteiger partial charge on any atom is -0.481 e. The molecule has 1 aliphatic rings. The number of fused-ring (bicyclic) bond motifs is 8. The average Bonchev–Trinajstić information content (AvgIpc) is 3.67. The molecule has 0 spiro atoms. The summed E-state index contributed by atoms with van der Waals surface area (Å²) in [5.74, 6) is -0.631. The van der Waals surface area contributed by atoms with E-state index in [1.54, 1.807) is 37.1 Å². The molecule has 0 saturated heterocycles. The van der Waals surface area contributed by atoms with Crippen molar-refractivity contribution in [1.29, 1.82) is 0 Å². The number of hydrogen-bond acceptors (Lipinski definition) is 7. The Morgan fingerprint density at radius 1 is 1.14 bits per heavy atom. The lowest BCUT2D eigenvalue weighted by molar-refractivity contribution is -0.141. The van der Waals surface area contributed by atoms with Crippen LogP contribution in [0.3, 0.4) is 0 Å². The first-order valence-corrected chi connectivity index (χ1v) is 18.3. The fourth-order valence-corrected chi connectivity index (χ4v) is 8.88. The first-order chi connectivity index (χ1) is 23.1. The number of halogens is 1. The van der Waals surface area contributed by atoms with E-state index in [2.05, 4.69) is 9.97 Å². The maximum atomic E-state index is 15.6. The molecule has 49 heavy (non-hydrogen) atoms. The highest BCUT2D eigenvalue weighted by Gasteiger charge is 2.36. The number of ether oxygens (including phenoxy) is 1. The van der Waals surface area contributed by atoms with Crippen LogP contribution in [-0.2, 0) is 39.9 Å². The minimum atomic E-state index is -3.49. The molecule has 12 heteroatoms. The molecule has 10 nitrogen and oxygen atoms in total. The lowest BCUT2D eigenvalue weighted by atomic mass is 9.75. The number of nitrogens with one attached hydrogen (secondary N) is 1. The summed E-state index contributed by atoms with van der Waals surface area (Å²) in [5, 5.41) is 15.2. The number of nitrogens with zero attached hydrogens (tertiary/aromatic N) is 4. The van der Waals surface area contributed by atoms with E-state index in [-0.39, 0.29) is 29.4 Å². The molecule has 5 aromatic rings. The molecule has 4 bridgehead atoms. The molecule has 0 unspecified atom stereocenters. The summed E-state index contributed by atoms with van der Waals surface area (Å²) in [6.07, 6.45) is 5.83. The smallest absolute Gasteiger partial charge is 0.306 e. The maximum Gasteiger partial charge on any atom is 0.306 e. The summed E-state index contributed by atoms with van der Waals surface area (Å²) in [7, 11) is -1.76. The Hall–Kier alpha value is -4.58. The van der Waals surface area contributed by atoms with Gasteiger partial charge in [0.2, 0.25) is 5.88 Å². The Bertz CT molecular complexity index is 2140. The van der Waals surface area contributed by atoms with Crippen LogP contribution in [0.15, 0.2) is 60.9 Å². The van der Waals surface area contributed by atoms with Crippen LogP contribution >= 0.6 is 0 Å². The second-order valence-electron chi connectivity index (χ2n) is 14.3. The van der Waals surface area contributed by atoms with Gasteiger partial charge in [-0.05, 0) is 73.4 Å². The molecular formula is C37H42FN5O5S. The zero-order valence-electron chi connectivity index (χ0n) is 28.5. The van der Waals surface area contributed by atoms with Crippen molar-refractivity contribution in [2.45, 2.75) is 65.2 Å². The fraction of sp³-hybridized carbons (Fsp3) is 0.405. The molecule has 3 aromatic heterocycles. The number of aliphatic carboxylic acids is 1. The van der Waals surface area contributed by atoms with Crippen molar-refractivity contribution in [2.24, 2.45) is 18.4 Å². The molecular weight excluding hydrogens is 646 g/mol. The Balaban J connectivity index is 1.48. The second-order valence-corrected chi connectivity index (χ2v) is 16.5. The number of rotatable bonds is 4. The van der Waals surface area contributed by atoms with Crippen molar-refractivity contribution < 1.29 is 27.4 Å². The number of hydrogen-bond donors (Lipinski definition) is 2. The lowest BCUT2D eigenvalue weighted by Crippen LogP contribution is -2.29. The molecule has 2 N–H and O–H groups in total. The fourth-order valence-electron chi connectivity index (χ4n) is 6.89. The quantitative estimate of drug-likeness (QED) is 0.205. The van der Waals surface area contributed by atoms with Crippen LogP contribution < -0.4 is 4.74 Å². The highest BCUT2D eigenvalue weighted by molar-refractivity contribution is 7.91. The van der Waals surface area contributed by atoms with E-state index < -0.39 is 38.4 Å². The van der Waals surface area contributed by atoms with E-state index in [1.165, 1.54) is 12.1 Å². The largest absolute Gasteiger partial charge is 0.481 e. The van der Waals surface area contributed by atoms with Crippen LogP contribution in [0.4, 0.5) is 4.39 Å². The van der Waals surface area contributed by atoms with Gasteiger partial charge in [-0.25, -0.2) is 27.5 Å². The van der Waals surface area contributed by atoms with Crippen LogP contribution in [0.1, 0.15) is 69.5 Å². The standard InChI is InChI=1S/C37H42FN5O5S/c1-23(34(44)45)18-24-8-6-9-25(19-24)37(4)15-7-14-36(2,3)22-49(46,47)17-13-28-27-12-16-39-31(27)21-40-33(28)48-26-10-11-30(38)29(20-26)32-41-35(37)42-43(32)5/h6,8-12,16,19-21,23,39H,7,13-15,17-18,22H2,1-5H3,(H,44,45)/t23-,37-/m1/s1. The van der Waals surface area contributed by atoms with E-state index in [4.69, 9.17) is 14.8 Å². The van der Waals surface area contributed by atoms with Crippen LogP contribution in [0, 0.1) is 17.2 Å². The first kappa shape index (κ1) is 34.3. The number of carbonyl (C=O) groups is 1. The number of H-pyrrole nitrogens is 1. The number of aromatic amines is 1. The molecule has 0 fully saturated rings. The Morgan fingerprint density at radius 3 is 2.71 bits per heavy atom. The van der Waals surface area contributed by atoms with Gasteiger partial charge < -0.3 is 14.8 Å². The Kier molecular flexibility index (Phi) is 9.12. The SMILES string of the molecule is C[C@H](Cc1cccc([C@@]2(C)CCCC(C)(C)CS(=O)(=O)CCc3c(ncc4[nH]ccc34)Oc3ccc(F)c(c3)-c3nc2nn3C)c1)C(=O)O. The van der Waals surface area contributed by atoms with Gasteiger partial charge in [0.1, 0.15) is 11.6 Å². The molecule has 0 radical (unpaired) electrons. The van der Waals surface area contributed by atoms with E-state index in [0.29, 0.717) is 48.6 Å². The van der Waals surface area contributed by atoms with Crippen molar-refractivity contribution in [1.82, 2.24) is 24.7 Å². The summed E-state index contributed by atoms with van der Waals surface area (Å²) >= 11 is 0. The number of carboxylic acids is 1. The third kappa shape index (κ3) is 7.24. The Labute approximate surface area is 285 Å². The van der Waals surface area contributed by atoms with Gasteiger partial charge in [-0.3, -0.25) is 4.79 Å². The van der Waals surface area contributed by atoms with E-state index >= 15 is 4.39 Å². The summed E-state index contributed by atoms with van der Waals surface area (Å²) < 4.78 is 50.6. The molecule has 0 aliphatic carbocycles. The number of pyridine rings is 1. The number of aromatic nitrogens is 5. The molecule has 2 aromatic carbocycles. The molecule has 258 valence electrons. The minimum absolute atomic E-state index is 0.0132. The molecule has 0 saturated carbocycles. The predicted molar refractivity (Wildman–Crippen MR) is 186 cm³/mol. The zero-order valence-corrected chi connectivity index (χ0v) is 29.3. The van der Waals surface area contributed by atoms with Gasteiger partial charge in [-0.2, -0.15) is 5.10 Å². The van der Waals surface area contributed by atoms with Gasteiger partial charge in [0.15, 0.2) is 21.5 Å². The molecule has 2 atom stereocenters. The normalized spacial score (nSPS) is 20.0. The molecule has 0 amide bonds. The highest BCUT2D eigenvalue weighted by Crippen LogP contribution is 2.40. The summed E-state index contributed by atoms with van der Waals surface area (Å²) in [6.45, 7) is 7.67. The van der Waals surface area contributed by atoms with Crippen molar-refractivity contribution in [3.63, 3.8) is 0 Å². The van der Waals surface area contributed by atoms with Gasteiger partial charge in [0.05, 0.1) is 40.1 Å². The van der Waals surface area contributed by atoms with Gasteiger partial charge in [0, 0.05) is 24.2 Å². The number of benzene rings is 2. The molecule has 6 rings (SSSR count). The van der Waals surface area contributed by atoms with Gasteiger partial charge in [0.25, 0.3) is 0 Å². The zero-order chi connectivity index (χ0) is 35.1. The van der Waals surface area contributed by atoms with Crippen LogP contribution in [0.5, 0.6) is 11.6 Å². The monoisotopic (exact) mass is 687 g/mol. The summed E-state index contributed by atoms with van der Waals surface area (Å²) in [5.41, 5.74) is 2.11. The van der Waals surface area contributed by atoms with E-state index in [9.17, 15) is 18.3 Å². The molecule has 1 aliphatic heterocycles. The third-order valence-electron chi connectivity index (χ3n) is 9.65. The number of carboxylic acid groups (broad SMARTS) is 1. The van der Waals surface area contributed by atoms with Gasteiger partial charge >= 0.3 is 5.97 Å². The average molecular weight is 688 g/mol. The maximum absolute atomic E-state index is 15.6. The van der Waals surface area contributed by atoms with Gasteiger partial charge in [-0.15, -0.1) is 0 Å². The third-order valence-corrected chi connectivity index (χ3v) is 11.7. The van der Waals surface area contributed by atoms with E-state index in [1.807, 2.05) is 51.1 Å². The van der Waals surface area contributed by atoms with Crippen molar-refractivity contribution in [3.8, 4) is 23.0 Å². The van der Waals surface area contributed by atoms with Crippen molar-refractivity contribution >= 4 is 26.7 Å². The first-order valence-electron chi connectivity index (χ1n) is 16.5. The Morgan fingerprint density at radius 2 is 1.94 bits per heavy atom. The summed E-state index contributed by atoms with van der Waals surface area (Å²) in [4.78, 5) is 24.2. The van der Waals surface area contributed by atoms with Gasteiger partial charge in [-0.1, -0.05) is 51.5 Å². The summed E-state index contributed by atoms with van der Waals surface area (Å²) in [6, 6.07) is 14.0. The van der Waals surface area contributed by atoms with Crippen LogP contribution in [-0.4, -0.2) is 55.7 Å². The second kappa shape index (κ2) is 13.0. The predicted octanol–water partition coefficient (Wildman–Crippen LogP) is 7.03. The topological polar surface area (TPSA) is 140 Å². The van der Waals surface area contributed by atoms with Crippen molar-refractivity contribution in [2.75, 3.05) is 11.5 Å². The number of aryl methyl sites for hydroxylation is 2. The van der Waals surface area contributed by atoms with E-state index in [0.717, 1.165) is 22.0 Å². The van der Waals surface area contributed by atoms with Crippen molar-refractivity contribution in [3.05, 3.63) is 89.3 Å². The van der Waals surface area contributed by atoms with Crippen LogP contribution in [0.25, 0.3) is 22.3 Å². The van der Waals surface area contributed by atoms with Crippen LogP contribution in [0.2, 0.25) is 0 Å². The highest BCUT2D eigenvalue weighted by atomic mass is 32.2. The molecule has 4 heterocycles. The number of sulfone groups is 1. The lowest BCUT2D eigenvalue weighted by Gasteiger charge is -2.31.